The van der Waals surface area contributed by atoms with Crippen molar-refractivity contribution in [1.29, 1.82) is 0 Å². The molecule has 0 radical (unpaired) electrons. The van der Waals surface area contributed by atoms with Gasteiger partial charge in [0.15, 0.2) is 5.82 Å². The second kappa shape index (κ2) is 10.4. The molecule has 0 aliphatic carbocycles. The molecule has 1 aromatic heterocycles. The number of rotatable bonds is 8. The van der Waals surface area contributed by atoms with Gasteiger partial charge in [0.25, 0.3) is 0 Å². The highest BCUT2D eigenvalue weighted by molar-refractivity contribution is 8.00. The molecule has 0 spiro atoms. The highest BCUT2D eigenvalue weighted by atomic mass is 32.2. The Balaban J connectivity index is 1.61. The van der Waals surface area contributed by atoms with Crippen LogP contribution in [0.5, 0.6) is 5.75 Å². The van der Waals surface area contributed by atoms with Gasteiger partial charge in [-0.1, -0.05) is 66.4 Å². The Morgan fingerprint density at radius 3 is 2.59 bits per heavy atom. The molecule has 0 unspecified atom stereocenters. The Bertz CT molecular complexity index is 1300. The number of aryl methyl sites for hydroxylation is 1. The van der Waals surface area contributed by atoms with E-state index in [-0.39, 0.29) is 18.1 Å². The molecule has 0 fully saturated rings. The molecule has 0 bridgehead atoms. The summed E-state index contributed by atoms with van der Waals surface area (Å²) in [6, 6.07) is 21.3. The van der Waals surface area contributed by atoms with Gasteiger partial charge in [0.05, 0.1) is 12.8 Å². The van der Waals surface area contributed by atoms with Crippen molar-refractivity contribution in [1.82, 2.24) is 14.9 Å². The van der Waals surface area contributed by atoms with E-state index < -0.39 is 5.25 Å². The van der Waals surface area contributed by atoms with Crippen LogP contribution in [-0.2, 0) is 11.2 Å². The van der Waals surface area contributed by atoms with Crippen molar-refractivity contribution in [3.8, 4) is 5.75 Å². The number of carbonyl (C=O) groups excluding carboxylic acids is 1. The molecule has 1 amide bonds. The van der Waals surface area contributed by atoms with Crippen LogP contribution in [0.2, 0.25) is 0 Å². The number of aromatic nitrogens is 3. The average Bonchev–Trinajstić information content (AvgIpc) is 3.18. The van der Waals surface area contributed by atoms with Crippen molar-refractivity contribution in [3.05, 3.63) is 101 Å². The van der Waals surface area contributed by atoms with E-state index >= 15 is 0 Å². The van der Waals surface area contributed by atoms with Crippen LogP contribution in [0.4, 0.5) is 10.1 Å². The van der Waals surface area contributed by atoms with E-state index in [1.54, 1.807) is 31.4 Å². The SMILES string of the molecule is COc1ccc(C)cc1NC(=O)[C@@H](Sc1nnc(Cc2ccccc2F)n1N)c1ccccc1. The molecule has 1 heterocycles. The third-order valence-electron chi connectivity index (χ3n) is 5.22. The molecule has 1 atom stereocenters. The molecule has 174 valence electrons. The van der Waals surface area contributed by atoms with Gasteiger partial charge in [-0.05, 0) is 41.8 Å². The van der Waals surface area contributed by atoms with Crippen molar-refractivity contribution in [3.63, 3.8) is 0 Å². The smallest absolute Gasteiger partial charge is 0.242 e. The number of anilines is 1. The number of hydrogen-bond acceptors (Lipinski definition) is 6. The van der Waals surface area contributed by atoms with Gasteiger partial charge in [-0.15, -0.1) is 10.2 Å². The fourth-order valence-corrected chi connectivity index (χ4v) is 4.42. The third kappa shape index (κ3) is 5.20. The molecule has 4 aromatic rings. The Morgan fingerprint density at radius 1 is 1.12 bits per heavy atom. The van der Waals surface area contributed by atoms with E-state index in [1.807, 2.05) is 49.4 Å². The van der Waals surface area contributed by atoms with Gasteiger partial charge in [-0.2, -0.15) is 0 Å². The summed E-state index contributed by atoms with van der Waals surface area (Å²) in [5.74, 6) is 6.59. The minimum Gasteiger partial charge on any atom is -0.495 e. The number of thioether (sulfide) groups is 1. The summed E-state index contributed by atoms with van der Waals surface area (Å²) in [4.78, 5) is 13.4. The first-order valence-electron chi connectivity index (χ1n) is 10.6. The maximum absolute atomic E-state index is 14.1. The molecule has 3 N–H and O–H groups in total. The number of methoxy groups -OCH3 is 1. The summed E-state index contributed by atoms with van der Waals surface area (Å²) in [6.07, 6.45) is 0.180. The van der Waals surface area contributed by atoms with Gasteiger partial charge in [0.1, 0.15) is 16.8 Å². The van der Waals surface area contributed by atoms with Gasteiger partial charge >= 0.3 is 0 Å². The zero-order valence-electron chi connectivity index (χ0n) is 18.7. The number of benzene rings is 3. The number of nitrogens with zero attached hydrogens (tertiary/aromatic N) is 3. The second-order valence-electron chi connectivity index (χ2n) is 7.64. The van der Waals surface area contributed by atoms with Gasteiger partial charge in [-0.3, -0.25) is 4.79 Å². The largest absolute Gasteiger partial charge is 0.495 e. The standard InChI is InChI=1S/C25H24FN5O2S/c1-16-12-13-21(33-2)20(14-16)28-24(32)23(17-8-4-3-5-9-17)34-25-30-29-22(31(25)27)15-18-10-6-7-11-19(18)26/h3-14,23H,15,27H2,1-2H3,(H,28,32)/t23-/m0/s1. The number of carbonyl (C=O) groups is 1. The van der Waals surface area contributed by atoms with Crippen molar-refractivity contribution in [2.24, 2.45) is 0 Å². The van der Waals surface area contributed by atoms with Crippen molar-refractivity contribution in [2.75, 3.05) is 18.3 Å². The first-order valence-corrected chi connectivity index (χ1v) is 11.4. The lowest BCUT2D eigenvalue weighted by Gasteiger charge is -2.18. The lowest BCUT2D eigenvalue weighted by molar-refractivity contribution is -0.115. The second-order valence-corrected chi connectivity index (χ2v) is 8.71. The zero-order chi connectivity index (χ0) is 24.1. The molecular weight excluding hydrogens is 453 g/mol. The Labute approximate surface area is 201 Å². The summed E-state index contributed by atoms with van der Waals surface area (Å²) in [5.41, 5.74) is 2.79. The quantitative estimate of drug-likeness (QED) is 0.286. The summed E-state index contributed by atoms with van der Waals surface area (Å²) < 4.78 is 20.8. The highest BCUT2D eigenvalue weighted by Gasteiger charge is 2.26. The first-order chi connectivity index (χ1) is 16.5. The Kier molecular flexibility index (Phi) is 7.12. The van der Waals surface area contributed by atoms with Crippen molar-refractivity contribution in [2.45, 2.75) is 23.8 Å². The third-order valence-corrected chi connectivity index (χ3v) is 6.43. The van der Waals surface area contributed by atoms with Gasteiger partial charge < -0.3 is 15.9 Å². The van der Waals surface area contributed by atoms with Crippen LogP contribution in [0.1, 0.15) is 27.8 Å². The lowest BCUT2D eigenvalue weighted by Crippen LogP contribution is -2.21. The fourth-order valence-electron chi connectivity index (χ4n) is 3.44. The topological polar surface area (TPSA) is 95.1 Å². The van der Waals surface area contributed by atoms with E-state index in [0.717, 1.165) is 11.1 Å². The summed E-state index contributed by atoms with van der Waals surface area (Å²) in [5, 5.41) is 10.9. The average molecular weight is 478 g/mol. The summed E-state index contributed by atoms with van der Waals surface area (Å²) in [7, 11) is 1.55. The van der Waals surface area contributed by atoms with E-state index in [9.17, 15) is 9.18 Å². The first kappa shape index (κ1) is 23.3. The fraction of sp³-hybridized carbons (Fsp3) is 0.160. The van der Waals surface area contributed by atoms with Crippen molar-refractivity contribution >= 4 is 23.4 Å². The Hall–Kier alpha value is -3.85. The minimum atomic E-state index is -0.667. The lowest BCUT2D eigenvalue weighted by atomic mass is 10.1. The number of amides is 1. The van der Waals surface area contributed by atoms with Crippen LogP contribution in [-0.4, -0.2) is 27.9 Å². The number of nitrogens with one attached hydrogen (secondary N) is 1. The van der Waals surface area contributed by atoms with E-state index in [4.69, 9.17) is 10.6 Å². The molecule has 0 aliphatic heterocycles. The Morgan fingerprint density at radius 2 is 1.85 bits per heavy atom. The molecular formula is C25H24FN5O2S. The monoisotopic (exact) mass is 477 g/mol. The number of nitrogen functional groups attached to an aromatic ring is 1. The molecule has 0 saturated carbocycles. The van der Waals surface area contributed by atoms with E-state index in [1.165, 1.54) is 22.5 Å². The number of hydrogen-bond donors (Lipinski definition) is 2. The van der Waals surface area contributed by atoms with Crippen LogP contribution in [0.3, 0.4) is 0 Å². The van der Waals surface area contributed by atoms with E-state index in [0.29, 0.717) is 28.0 Å². The highest BCUT2D eigenvalue weighted by Crippen LogP contribution is 2.36. The maximum Gasteiger partial charge on any atom is 0.242 e. The van der Waals surface area contributed by atoms with Crippen LogP contribution in [0.15, 0.2) is 78.0 Å². The van der Waals surface area contributed by atoms with Crippen LogP contribution < -0.4 is 15.9 Å². The summed E-state index contributed by atoms with van der Waals surface area (Å²) >= 11 is 1.17. The van der Waals surface area contributed by atoms with Crippen molar-refractivity contribution < 1.29 is 13.9 Å². The number of halogens is 1. The number of ether oxygens (including phenoxy) is 1. The van der Waals surface area contributed by atoms with Crippen LogP contribution in [0.25, 0.3) is 0 Å². The summed E-state index contributed by atoms with van der Waals surface area (Å²) in [6.45, 7) is 1.94. The molecule has 0 saturated heterocycles. The molecule has 7 nitrogen and oxygen atoms in total. The van der Waals surface area contributed by atoms with Crippen LogP contribution >= 0.6 is 11.8 Å². The van der Waals surface area contributed by atoms with Gasteiger partial charge in [0, 0.05) is 6.42 Å². The molecule has 0 aliphatic rings. The maximum atomic E-state index is 14.1. The molecule has 9 heteroatoms. The van der Waals surface area contributed by atoms with Gasteiger partial charge in [-0.25, -0.2) is 9.07 Å². The molecule has 3 aromatic carbocycles. The molecule has 34 heavy (non-hydrogen) atoms. The van der Waals surface area contributed by atoms with E-state index in [2.05, 4.69) is 15.5 Å². The van der Waals surface area contributed by atoms with Gasteiger partial charge in [0.2, 0.25) is 11.1 Å². The predicted octanol–water partition coefficient (Wildman–Crippen LogP) is 4.51. The molecule has 4 rings (SSSR count). The van der Waals surface area contributed by atoms with Crippen LogP contribution in [0, 0.1) is 12.7 Å². The zero-order valence-corrected chi connectivity index (χ0v) is 19.6. The number of nitrogens with two attached hydrogens (primary N) is 1. The normalized spacial score (nSPS) is 11.7. The predicted molar refractivity (Wildman–Crippen MR) is 131 cm³/mol. The minimum absolute atomic E-state index is 0.180.